The van der Waals surface area contributed by atoms with E-state index in [-0.39, 0.29) is 5.91 Å². The van der Waals surface area contributed by atoms with Crippen LogP contribution < -0.4 is 5.32 Å². The maximum absolute atomic E-state index is 12.1. The van der Waals surface area contributed by atoms with Gasteiger partial charge in [0.1, 0.15) is 0 Å². The Morgan fingerprint density at radius 1 is 1.42 bits per heavy atom. The van der Waals surface area contributed by atoms with E-state index in [1.54, 1.807) is 16.9 Å². The molecule has 0 saturated carbocycles. The fraction of sp³-hybridized carbons (Fsp3) is 0.154. The molecule has 2 heterocycles. The van der Waals surface area contributed by atoms with Gasteiger partial charge in [-0.05, 0) is 19.1 Å². The monoisotopic (exact) mass is 272 g/mol. The number of carbonyl (C=O) groups excluding carboxylic acids is 1. The maximum Gasteiger partial charge on any atom is 0.257 e. The Balaban J connectivity index is 1.90. The minimum absolute atomic E-state index is 0.155. The Morgan fingerprint density at radius 3 is 3.00 bits per heavy atom. The summed E-state index contributed by atoms with van der Waals surface area (Å²) in [6, 6.07) is 5.52. The number of aromatic nitrogens is 3. The minimum atomic E-state index is -0.155. The molecule has 0 fully saturated rings. The summed E-state index contributed by atoms with van der Waals surface area (Å²) in [5.74, 6) is -0.155. The van der Waals surface area contributed by atoms with Crippen molar-refractivity contribution in [3.05, 3.63) is 41.0 Å². The van der Waals surface area contributed by atoms with Gasteiger partial charge < -0.3 is 0 Å². The van der Waals surface area contributed by atoms with Gasteiger partial charge in [0.15, 0.2) is 5.13 Å². The van der Waals surface area contributed by atoms with Crippen LogP contribution in [0.3, 0.4) is 0 Å². The number of nitrogens with zero attached hydrogens (tertiary/aromatic N) is 3. The molecule has 1 aromatic carbocycles. The van der Waals surface area contributed by atoms with Crippen molar-refractivity contribution >= 4 is 33.3 Å². The van der Waals surface area contributed by atoms with E-state index in [9.17, 15) is 4.79 Å². The summed E-state index contributed by atoms with van der Waals surface area (Å²) in [6.07, 6.45) is 1.78. The summed E-state index contributed by atoms with van der Waals surface area (Å²) in [5.41, 5.74) is 2.44. The highest BCUT2D eigenvalue weighted by Gasteiger charge is 2.10. The summed E-state index contributed by atoms with van der Waals surface area (Å²) in [5, 5.41) is 10.5. The van der Waals surface area contributed by atoms with Gasteiger partial charge in [-0.1, -0.05) is 6.07 Å². The standard InChI is InChI=1S/C13H12N4OS/c1-8-7-19-13(15-8)16-12(18)9-3-4-10-6-14-17(2)11(10)5-9/h3-7H,1-2H3,(H,15,16,18). The summed E-state index contributed by atoms with van der Waals surface area (Å²) in [4.78, 5) is 16.3. The van der Waals surface area contributed by atoms with E-state index in [0.717, 1.165) is 16.6 Å². The third-order valence-electron chi connectivity index (χ3n) is 2.85. The molecule has 1 N–H and O–H groups in total. The molecule has 5 nitrogen and oxygen atoms in total. The molecule has 0 saturated heterocycles. The third-order valence-corrected chi connectivity index (χ3v) is 3.73. The number of fused-ring (bicyclic) bond motifs is 1. The van der Waals surface area contributed by atoms with E-state index in [2.05, 4.69) is 15.4 Å². The Kier molecular flexibility index (Phi) is 2.79. The van der Waals surface area contributed by atoms with Gasteiger partial charge in [0.25, 0.3) is 5.91 Å². The smallest absolute Gasteiger partial charge is 0.257 e. The molecule has 0 aliphatic carbocycles. The first-order valence-electron chi connectivity index (χ1n) is 5.79. The van der Waals surface area contributed by atoms with E-state index in [0.29, 0.717) is 10.7 Å². The molecule has 0 bridgehead atoms. The van der Waals surface area contributed by atoms with Gasteiger partial charge in [-0.25, -0.2) is 4.98 Å². The molecular formula is C13H12N4OS. The normalized spacial score (nSPS) is 10.8. The largest absolute Gasteiger partial charge is 0.298 e. The second kappa shape index (κ2) is 4.47. The van der Waals surface area contributed by atoms with Crippen molar-refractivity contribution in [1.29, 1.82) is 0 Å². The molecule has 6 heteroatoms. The Labute approximate surface area is 113 Å². The van der Waals surface area contributed by atoms with Crippen LogP contribution in [0.1, 0.15) is 16.1 Å². The Bertz CT molecular complexity index is 759. The van der Waals surface area contributed by atoms with Crippen LogP contribution in [0.2, 0.25) is 0 Å². The summed E-state index contributed by atoms with van der Waals surface area (Å²) >= 11 is 1.42. The van der Waals surface area contributed by atoms with Crippen molar-refractivity contribution < 1.29 is 4.79 Å². The highest BCUT2D eigenvalue weighted by Crippen LogP contribution is 2.18. The molecule has 19 heavy (non-hydrogen) atoms. The molecule has 0 aliphatic rings. The lowest BCUT2D eigenvalue weighted by Crippen LogP contribution is -2.11. The highest BCUT2D eigenvalue weighted by molar-refractivity contribution is 7.13. The number of hydrogen-bond acceptors (Lipinski definition) is 4. The van der Waals surface area contributed by atoms with Gasteiger partial charge in [-0.3, -0.25) is 14.8 Å². The molecule has 3 aromatic rings. The van der Waals surface area contributed by atoms with E-state index in [4.69, 9.17) is 0 Å². The van der Waals surface area contributed by atoms with Crippen LogP contribution in [0.4, 0.5) is 5.13 Å². The van der Waals surface area contributed by atoms with E-state index < -0.39 is 0 Å². The van der Waals surface area contributed by atoms with E-state index >= 15 is 0 Å². The molecule has 0 unspecified atom stereocenters. The van der Waals surface area contributed by atoms with Crippen LogP contribution in [0, 0.1) is 6.92 Å². The average molecular weight is 272 g/mol. The predicted octanol–water partition coefficient (Wildman–Crippen LogP) is 2.59. The van der Waals surface area contributed by atoms with Crippen molar-refractivity contribution in [1.82, 2.24) is 14.8 Å². The van der Waals surface area contributed by atoms with Crippen molar-refractivity contribution in [3.63, 3.8) is 0 Å². The summed E-state index contributed by atoms with van der Waals surface area (Å²) < 4.78 is 1.75. The molecule has 0 aliphatic heterocycles. The van der Waals surface area contributed by atoms with Crippen LogP contribution in [-0.2, 0) is 7.05 Å². The number of thiazole rings is 1. The topological polar surface area (TPSA) is 59.8 Å². The molecule has 96 valence electrons. The highest BCUT2D eigenvalue weighted by atomic mass is 32.1. The summed E-state index contributed by atoms with van der Waals surface area (Å²) in [7, 11) is 1.86. The second-order valence-electron chi connectivity index (χ2n) is 4.29. The molecule has 0 atom stereocenters. The van der Waals surface area contributed by atoms with Crippen LogP contribution >= 0.6 is 11.3 Å². The van der Waals surface area contributed by atoms with Crippen LogP contribution in [0.5, 0.6) is 0 Å². The SMILES string of the molecule is Cc1csc(NC(=O)c2ccc3cnn(C)c3c2)n1. The third kappa shape index (κ3) is 2.22. The molecular weight excluding hydrogens is 260 g/mol. The van der Waals surface area contributed by atoms with Crippen molar-refractivity contribution in [2.24, 2.45) is 7.05 Å². The lowest BCUT2D eigenvalue weighted by Gasteiger charge is -2.02. The minimum Gasteiger partial charge on any atom is -0.298 e. The lowest BCUT2D eigenvalue weighted by atomic mass is 10.1. The first-order chi connectivity index (χ1) is 9.13. The zero-order valence-corrected chi connectivity index (χ0v) is 11.4. The number of benzene rings is 1. The Hall–Kier alpha value is -2.21. The predicted molar refractivity (Wildman–Crippen MR) is 75.5 cm³/mol. The van der Waals surface area contributed by atoms with Crippen LogP contribution in [0.15, 0.2) is 29.8 Å². The number of carbonyl (C=O) groups is 1. The van der Waals surface area contributed by atoms with E-state index in [1.807, 2.05) is 31.5 Å². The van der Waals surface area contributed by atoms with Gasteiger partial charge >= 0.3 is 0 Å². The van der Waals surface area contributed by atoms with E-state index in [1.165, 1.54) is 11.3 Å². The zero-order chi connectivity index (χ0) is 13.4. The summed E-state index contributed by atoms with van der Waals surface area (Å²) in [6.45, 7) is 1.90. The average Bonchev–Trinajstić information content (AvgIpc) is 2.96. The number of amides is 1. The fourth-order valence-corrected chi connectivity index (χ4v) is 2.55. The maximum atomic E-state index is 12.1. The van der Waals surface area contributed by atoms with Crippen molar-refractivity contribution in [3.8, 4) is 0 Å². The number of hydrogen-bond donors (Lipinski definition) is 1. The molecule has 0 radical (unpaired) electrons. The number of rotatable bonds is 2. The van der Waals surface area contributed by atoms with Crippen LogP contribution in [0.25, 0.3) is 10.9 Å². The zero-order valence-electron chi connectivity index (χ0n) is 10.5. The van der Waals surface area contributed by atoms with Gasteiger partial charge in [0, 0.05) is 23.4 Å². The molecule has 2 aromatic heterocycles. The second-order valence-corrected chi connectivity index (χ2v) is 5.15. The quantitative estimate of drug-likeness (QED) is 0.780. The number of aryl methyl sites for hydroxylation is 2. The van der Waals surface area contributed by atoms with Crippen molar-refractivity contribution in [2.45, 2.75) is 6.92 Å². The molecule has 0 spiro atoms. The fourth-order valence-electron chi connectivity index (χ4n) is 1.87. The Morgan fingerprint density at radius 2 is 2.26 bits per heavy atom. The molecule has 1 amide bonds. The number of anilines is 1. The molecule has 3 rings (SSSR count). The van der Waals surface area contributed by atoms with Gasteiger partial charge in [0.2, 0.25) is 0 Å². The van der Waals surface area contributed by atoms with Crippen molar-refractivity contribution in [2.75, 3.05) is 5.32 Å². The van der Waals surface area contributed by atoms with Gasteiger partial charge in [-0.2, -0.15) is 5.10 Å². The lowest BCUT2D eigenvalue weighted by molar-refractivity contribution is 0.102. The number of nitrogens with one attached hydrogen (secondary N) is 1. The first kappa shape index (κ1) is 11.9. The van der Waals surface area contributed by atoms with Gasteiger partial charge in [0.05, 0.1) is 17.4 Å². The first-order valence-corrected chi connectivity index (χ1v) is 6.67. The van der Waals surface area contributed by atoms with Gasteiger partial charge in [-0.15, -0.1) is 11.3 Å². The van der Waals surface area contributed by atoms with Crippen LogP contribution in [-0.4, -0.2) is 20.7 Å².